The average molecular weight is 423 g/mol. The van der Waals surface area contributed by atoms with Crippen molar-refractivity contribution >= 4 is 21.6 Å². The minimum atomic E-state index is -3.73. The highest BCUT2D eigenvalue weighted by molar-refractivity contribution is 7.89. The van der Waals surface area contributed by atoms with Crippen LogP contribution in [0, 0.1) is 0 Å². The van der Waals surface area contributed by atoms with Crippen LogP contribution in [0.3, 0.4) is 0 Å². The molecule has 1 heterocycles. The quantitative estimate of drug-likeness (QED) is 0.627. The summed E-state index contributed by atoms with van der Waals surface area (Å²) >= 11 is 5.84. The topological polar surface area (TPSA) is 95.2 Å². The van der Waals surface area contributed by atoms with E-state index in [2.05, 4.69) is 9.82 Å². The average Bonchev–Trinajstić information content (AvgIpc) is 2.96. The van der Waals surface area contributed by atoms with Gasteiger partial charge in [0.15, 0.2) is 5.82 Å². The Balaban J connectivity index is 1.74. The van der Waals surface area contributed by atoms with Gasteiger partial charge < -0.3 is 4.74 Å². The standard InChI is InChI=1S/C18H19ClN4O4S/c1-22-17(13-6-8-15(27-2)9-7-13)21-23(18(22)24)11-10-20-28(25,26)16-5-3-4-14(19)12-16/h3-9,12,20H,10-11H2,1-2H3. The van der Waals surface area contributed by atoms with Gasteiger partial charge in [-0.1, -0.05) is 17.7 Å². The molecule has 0 unspecified atom stereocenters. The molecule has 0 radical (unpaired) electrons. The van der Waals surface area contributed by atoms with Crippen LogP contribution in [0.1, 0.15) is 0 Å². The molecule has 3 aromatic rings. The first-order valence-electron chi connectivity index (χ1n) is 8.35. The Bertz CT molecular complexity index is 1140. The minimum absolute atomic E-state index is 0.00776. The van der Waals surface area contributed by atoms with E-state index in [-0.39, 0.29) is 23.7 Å². The summed E-state index contributed by atoms with van der Waals surface area (Å²) in [6.45, 7) is 0.0937. The SMILES string of the molecule is COc1ccc(-c2nn(CCNS(=O)(=O)c3cccc(Cl)c3)c(=O)n2C)cc1. The highest BCUT2D eigenvalue weighted by atomic mass is 35.5. The maximum Gasteiger partial charge on any atom is 0.345 e. The number of sulfonamides is 1. The molecule has 1 N–H and O–H groups in total. The lowest BCUT2D eigenvalue weighted by molar-refractivity contribution is 0.415. The number of nitrogens with one attached hydrogen (secondary N) is 1. The molecule has 0 saturated carbocycles. The summed E-state index contributed by atoms with van der Waals surface area (Å²) in [5.41, 5.74) is 0.409. The number of hydrogen-bond acceptors (Lipinski definition) is 5. The van der Waals surface area contributed by atoms with Crippen molar-refractivity contribution in [2.24, 2.45) is 7.05 Å². The Morgan fingerprint density at radius 3 is 2.54 bits per heavy atom. The maximum atomic E-state index is 12.4. The van der Waals surface area contributed by atoms with Crippen LogP contribution in [-0.2, 0) is 23.6 Å². The number of rotatable bonds is 7. The summed E-state index contributed by atoms with van der Waals surface area (Å²) < 4.78 is 34.8. The number of halogens is 1. The highest BCUT2D eigenvalue weighted by Gasteiger charge is 2.16. The van der Waals surface area contributed by atoms with E-state index in [0.717, 1.165) is 5.56 Å². The molecular formula is C18H19ClN4O4S. The van der Waals surface area contributed by atoms with Crippen molar-refractivity contribution in [3.8, 4) is 17.1 Å². The first kappa shape index (κ1) is 20.1. The van der Waals surface area contributed by atoms with Gasteiger partial charge >= 0.3 is 5.69 Å². The molecule has 10 heteroatoms. The fourth-order valence-corrected chi connectivity index (χ4v) is 3.95. The Kier molecular flexibility index (Phi) is 5.87. The number of aromatic nitrogens is 3. The van der Waals surface area contributed by atoms with E-state index in [0.29, 0.717) is 16.6 Å². The van der Waals surface area contributed by atoms with Crippen molar-refractivity contribution in [2.45, 2.75) is 11.4 Å². The Labute approximate surface area is 167 Å². The number of methoxy groups -OCH3 is 1. The van der Waals surface area contributed by atoms with Crippen molar-refractivity contribution in [3.05, 3.63) is 64.0 Å². The molecule has 0 aliphatic rings. The summed E-state index contributed by atoms with van der Waals surface area (Å²) in [4.78, 5) is 12.5. The van der Waals surface area contributed by atoms with E-state index < -0.39 is 10.0 Å². The minimum Gasteiger partial charge on any atom is -0.497 e. The van der Waals surface area contributed by atoms with Crippen LogP contribution < -0.4 is 15.1 Å². The molecule has 0 aliphatic heterocycles. The van der Waals surface area contributed by atoms with Gasteiger partial charge in [-0.2, -0.15) is 0 Å². The molecule has 0 atom stereocenters. The summed E-state index contributed by atoms with van der Waals surface area (Å²) in [6.07, 6.45) is 0. The predicted octanol–water partition coefficient (Wildman–Crippen LogP) is 1.89. The predicted molar refractivity (Wildman–Crippen MR) is 106 cm³/mol. The molecular weight excluding hydrogens is 404 g/mol. The number of benzene rings is 2. The number of hydrogen-bond donors (Lipinski definition) is 1. The summed E-state index contributed by atoms with van der Waals surface area (Å²) in [5.74, 6) is 1.17. The molecule has 0 bridgehead atoms. The lowest BCUT2D eigenvalue weighted by atomic mass is 10.2. The molecule has 0 amide bonds. The van der Waals surface area contributed by atoms with Crippen LogP contribution >= 0.6 is 11.6 Å². The zero-order chi connectivity index (χ0) is 20.3. The Morgan fingerprint density at radius 1 is 1.18 bits per heavy atom. The van der Waals surface area contributed by atoms with Gasteiger partial charge in [0.1, 0.15) is 5.75 Å². The van der Waals surface area contributed by atoms with Gasteiger partial charge in [-0.3, -0.25) is 4.57 Å². The van der Waals surface area contributed by atoms with E-state index >= 15 is 0 Å². The third kappa shape index (κ3) is 4.27. The van der Waals surface area contributed by atoms with Gasteiger partial charge in [0.2, 0.25) is 10.0 Å². The zero-order valence-corrected chi connectivity index (χ0v) is 16.9. The first-order chi connectivity index (χ1) is 13.3. The van der Waals surface area contributed by atoms with Crippen LogP contribution in [0.5, 0.6) is 5.75 Å². The smallest absolute Gasteiger partial charge is 0.345 e. The molecule has 148 valence electrons. The van der Waals surface area contributed by atoms with Gasteiger partial charge in [0, 0.05) is 24.2 Å². The normalized spacial score (nSPS) is 11.5. The van der Waals surface area contributed by atoms with E-state index in [1.54, 1.807) is 50.6 Å². The lowest BCUT2D eigenvalue weighted by Gasteiger charge is -2.06. The fourth-order valence-electron chi connectivity index (χ4n) is 2.63. The highest BCUT2D eigenvalue weighted by Crippen LogP contribution is 2.19. The van der Waals surface area contributed by atoms with Crippen LogP contribution in [0.15, 0.2) is 58.2 Å². The molecule has 3 rings (SSSR count). The Morgan fingerprint density at radius 2 is 1.89 bits per heavy atom. The molecule has 0 spiro atoms. The van der Waals surface area contributed by atoms with E-state index in [1.165, 1.54) is 21.4 Å². The number of nitrogens with zero attached hydrogens (tertiary/aromatic N) is 3. The number of ether oxygens (including phenoxy) is 1. The molecule has 8 nitrogen and oxygen atoms in total. The van der Waals surface area contributed by atoms with Crippen molar-refractivity contribution in [1.82, 2.24) is 19.1 Å². The van der Waals surface area contributed by atoms with Gasteiger partial charge in [0.05, 0.1) is 18.6 Å². The third-order valence-corrected chi connectivity index (χ3v) is 5.80. The monoisotopic (exact) mass is 422 g/mol. The van der Waals surface area contributed by atoms with Crippen molar-refractivity contribution in [1.29, 1.82) is 0 Å². The van der Waals surface area contributed by atoms with Crippen LogP contribution in [0.2, 0.25) is 5.02 Å². The summed E-state index contributed by atoms with van der Waals surface area (Å²) in [6, 6.07) is 13.1. The second kappa shape index (κ2) is 8.17. The van der Waals surface area contributed by atoms with E-state index in [9.17, 15) is 13.2 Å². The second-order valence-corrected chi connectivity index (χ2v) is 8.18. The van der Waals surface area contributed by atoms with Crippen LogP contribution in [-0.4, -0.2) is 36.4 Å². The van der Waals surface area contributed by atoms with Crippen LogP contribution in [0.25, 0.3) is 11.4 Å². The second-order valence-electron chi connectivity index (χ2n) is 5.97. The van der Waals surface area contributed by atoms with Gasteiger partial charge in [-0.25, -0.2) is 22.6 Å². The summed E-state index contributed by atoms with van der Waals surface area (Å²) in [7, 11) is -0.541. The van der Waals surface area contributed by atoms with Crippen molar-refractivity contribution in [2.75, 3.05) is 13.7 Å². The molecule has 0 fully saturated rings. The van der Waals surface area contributed by atoms with Gasteiger partial charge in [0.25, 0.3) is 0 Å². The lowest BCUT2D eigenvalue weighted by Crippen LogP contribution is -2.31. The van der Waals surface area contributed by atoms with Crippen molar-refractivity contribution in [3.63, 3.8) is 0 Å². The van der Waals surface area contributed by atoms with Gasteiger partial charge in [-0.15, -0.1) is 5.10 Å². The van der Waals surface area contributed by atoms with Crippen LogP contribution in [0.4, 0.5) is 0 Å². The van der Waals surface area contributed by atoms with E-state index in [4.69, 9.17) is 16.3 Å². The molecule has 1 aromatic heterocycles. The molecule has 0 saturated heterocycles. The zero-order valence-electron chi connectivity index (χ0n) is 15.3. The molecule has 2 aromatic carbocycles. The first-order valence-corrected chi connectivity index (χ1v) is 10.2. The fraction of sp³-hybridized carbons (Fsp3) is 0.222. The van der Waals surface area contributed by atoms with Gasteiger partial charge in [-0.05, 0) is 42.5 Å². The third-order valence-electron chi connectivity index (χ3n) is 4.11. The molecule has 28 heavy (non-hydrogen) atoms. The van der Waals surface area contributed by atoms with E-state index in [1.807, 2.05) is 0 Å². The summed E-state index contributed by atoms with van der Waals surface area (Å²) in [5, 5.41) is 4.64. The molecule has 0 aliphatic carbocycles. The Hall–Kier alpha value is -2.62. The maximum absolute atomic E-state index is 12.4. The largest absolute Gasteiger partial charge is 0.497 e. The van der Waals surface area contributed by atoms with Crippen molar-refractivity contribution < 1.29 is 13.2 Å².